The van der Waals surface area contributed by atoms with Gasteiger partial charge in [0.2, 0.25) is 0 Å². The average molecular weight is 501 g/mol. The summed E-state index contributed by atoms with van der Waals surface area (Å²) in [7, 11) is 1.54. The molecule has 2 bridgehead atoms. The van der Waals surface area contributed by atoms with E-state index in [1.807, 2.05) is 6.08 Å². The fraction of sp³-hybridized carbons (Fsp3) is 0.500. The lowest BCUT2D eigenvalue weighted by atomic mass is 9.73. The lowest BCUT2D eigenvalue weighted by Crippen LogP contribution is -2.55. The van der Waals surface area contributed by atoms with Crippen molar-refractivity contribution in [3.05, 3.63) is 48.7 Å². The molecule has 1 unspecified atom stereocenters. The quantitative estimate of drug-likeness (QED) is 0.205. The lowest BCUT2D eigenvalue weighted by Gasteiger charge is -2.51. The van der Waals surface area contributed by atoms with Gasteiger partial charge in [0.05, 0.1) is 25.3 Å². The number of Topliss-reactive ketones (excluding diaryl/α,β-unsaturated/α-hetero) is 1. The fourth-order valence-electron chi connectivity index (χ4n) is 5.33. The Kier molecular flexibility index (Phi) is 8.01. The number of carbonyl (C=O) groups is 2. The number of hydrogen-bond donors (Lipinski definition) is 4. The van der Waals surface area contributed by atoms with Gasteiger partial charge in [-0.2, -0.15) is 0 Å². The minimum absolute atomic E-state index is 0.237. The highest BCUT2D eigenvalue weighted by atomic mass is 16.6. The molecule has 2 aromatic rings. The largest absolute Gasteiger partial charge is 0.497 e. The molecule has 194 valence electrons. The second-order valence-electron chi connectivity index (χ2n) is 9.41. The number of carbonyl (C=O) groups excluding carboxylic acids is 2. The van der Waals surface area contributed by atoms with Crippen molar-refractivity contribution >= 4 is 22.7 Å². The van der Waals surface area contributed by atoms with E-state index >= 15 is 0 Å². The first-order valence-electron chi connectivity index (χ1n) is 12.0. The van der Waals surface area contributed by atoms with E-state index in [-0.39, 0.29) is 6.04 Å². The average Bonchev–Trinajstić information content (AvgIpc) is 2.93. The third-order valence-electron chi connectivity index (χ3n) is 7.40. The normalized spacial score (nSPS) is 26.6. The molecular formula is C26H32N2O8. The van der Waals surface area contributed by atoms with Crippen molar-refractivity contribution in [1.29, 1.82) is 0 Å². The molecule has 3 fully saturated rings. The third-order valence-corrected chi connectivity index (χ3v) is 7.40. The lowest BCUT2D eigenvalue weighted by molar-refractivity contribution is -0.171. The van der Waals surface area contributed by atoms with Crippen LogP contribution in [0.25, 0.3) is 10.9 Å². The van der Waals surface area contributed by atoms with E-state index in [0.29, 0.717) is 40.5 Å². The Morgan fingerprint density at radius 1 is 1.28 bits per heavy atom. The van der Waals surface area contributed by atoms with Gasteiger partial charge < -0.3 is 29.9 Å². The number of aliphatic hydroxyl groups is 4. The molecule has 0 aliphatic carbocycles. The Labute approximate surface area is 208 Å². The number of aliphatic hydroxyl groups excluding tert-OH is 4. The van der Waals surface area contributed by atoms with E-state index in [2.05, 4.69) is 16.5 Å². The van der Waals surface area contributed by atoms with Gasteiger partial charge in [-0.3, -0.25) is 14.7 Å². The Bertz CT molecular complexity index is 1120. The van der Waals surface area contributed by atoms with Gasteiger partial charge in [0.15, 0.2) is 6.10 Å². The van der Waals surface area contributed by atoms with E-state index in [4.69, 9.17) is 14.6 Å². The van der Waals surface area contributed by atoms with Crippen LogP contribution in [0.5, 0.6) is 5.75 Å². The summed E-state index contributed by atoms with van der Waals surface area (Å²) in [6.07, 6.45) is -1.70. The standard InChI is InChI=1S/C26H32N2O8/c1-3-14-12-28-9-7-15(14)10-20(28)25(36-26(34)24(33)23(32)22(31)21(30)13-29)17-6-8-27-19-5-4-16(35-2)11-18(17)19/h3-6,8,11,14-15,20-23,25,29-32H,1,7,9-10,12-13H2,2H3/t14-,15-,20+,21-,22+,23-,25-/m0/s1. The molecule has 4 N–H and O–H groups in total. The van der Waals surface area contributed by atoms with Crippen molar-refractivity contribution in [2.75, 3.05) is 26.8 Å². The molecule has 3 aliphatic rings. The number of ether oxygens (including phenoxy) is 2. The number of ketones is 1. The summed E-state index contributed by atoms with van der Waals surface area (Å²) in [6, 6.07) is 6.85. The van der Waals surface area contributed by atoms with E-state index in [9.17, 15) is 24.9 Å². The molecule has 3 aliphatic heterocycles. The molecule has 0 spiro atoms. The van der Waals surface area contributed by atoms with Crippen LogP contribution in [0.2, 0.25) is 0 Å². The van der Waals surface area contributed by atoms with Gasteiger partial charge >= 0.3 is 5.97 Å². The minimum Gasteiger partial charge on any atom is -0.497 e. The summed E-state index contributed by atoms with van der Waals surface area (Å²) < 4.78 is 11.2. The molecule has 0 saturated carbocycles. The van der Waals surface area contributed by atoms with Crippen LogP contribution >= 0.6 is 0 Å². The maximum absolute atomic E-state index is 13.0. The zero-order valence-corrected chi connectivity index (χ0v) is 20.1. The minimum atomic E-state index is -2.25. The first-order valence-corrected chi connectivity index (χ1v) is 12.0. The number of methoxy groups -OCH3 is 1. The highest BCUT2D eigenvalue weighted by Gasteiger charge is 2.45. The van der Waals surface area contributed by atoms with Crippen molar-refractivity contribution in [2.45, 2.75) is 43.3 Å². The smallest absolute Gasteiger partial charge is 0.378 e. The number of esters is 1. The molecule has 1 aromatic heterocycles. The number of piperidine rings is 3. The van der Waals surface area contributed by atoms with Crippen molar-refractivity contribution < 1.29 is 39.5 Å². The number of aromatic nitrogens is 1. The summed E-state index contributed by atoms with van der Waals surface area (Å²) in [5.41, 5.74) is 1.29. The number of rotatable bonds is 10. The number of benzene rings is 1. The van der Waals surface area contributed by atoms with Crippen LogP contribution in [0.4, 0.5) is 0 Å². The maximum Gasteiger partial charge on any atom is 0.378 e. The van der Waals surface area contributed by atoms with Crippen LogP contribution < -0.4 is 4.74 Å². The van der Waals surface area contributed by atoms with Crippen molar-refractivity contribution in [2.24, 2.45) is 11.8 Å². The summed E-state index contributed by atoms with van der Waals surface area (Å²) in [5.74, 6) is -1.49. The van der Waals surface area contributed by atoms with Crippen LogP contribution in [-0.2, 0) is 14.3 Å². The second-order valence-corrected chi connectivity index (χ2v) is 9.41. The molecule has 5 rings (SSSR count). The van der Waals surface area contributed by atoms with Crippen LogP contribution in [0.1, 0.15) is 24.5 Å². The number of fused-ring (bicyclic) bond motifs is 4. The fourth-order valence-corrected chi connectivity index (χ4v) is 5.33. The highest BCUT2D eigenvalue weighted by molar-refractivity contribution is 6.35. The van der Waals surface area contributed by atoms with Gasteiger partial charge in [0.25, 0.3) is 5.78 Å². The van der Waals surface area contributed by atoms with Gasteiger partial charge in [-0.15, -0.1) is 6.58 Å². The second kappa shape index (κ2) is 11.0. The first kappa shape index (κ1) is 26.2. The SMILES string of the molecule is C=C[C@H]1CN2CC[C@H]1C[C@@H]2[C@@H](OC(=O)C(=O)[C@@H](O)[C@H](O)[C@@H](O)CO)c1ccnc2ccc(OC)cc12. The number of hydrogen-bond acceptors (Lipinski definition) is 10. The summed E-state index contributed by atoms with van der Waals surface area (Å²) in [4.78, 5) is 32.2. The Hall–Kier alpha value is -2.89. The zero-order chi connectivity index (χ0) is 26.0. The molecule has 36 heavy (non-hydrogen) atoms. The summed E-state index contributed by atoms with van der Waals surface area (Å²) in [5, 5.41) is 39.3. The molecule has 3 saturated heterocycles. The predicted molar refractivity (Wildman–Crippen MR) is 129 cm³/mol. The van der Waals surface area contributed by atoms with Crippen molar-refractivity contribution in [3.63, 3.8) is 0 Å². The Morgan fingerprint density at radius 3 is 2.69 bits per heavy atom. The van der Waals surface area contributed by atoms with E-state index in [0.717, 1.165) is 19.5 Å². The number of pyridine rings is 1. The molecular weight excluding hydrogens is 468 g/mol. The molecule has 8 atom stereocenters. The topological polar surface area (TPSA) is 150 Å². The third kappa shape index (κ3) is 5.00. The van der Waals surface area contributed by atoms with Gasteiger partial charge in [-0.1, -0.05) is 6.08 Å². The first-order chi connectivity index (χ1) is 17.3. The van der Waals surface area contributed by atoms with E-state index < -0.39 is 42.8 Å². The van der Waals surface area contributed by atoms with Gasteiger partial charge in [-0.05, 0) is 55.5 Å². The van der Waals surface area contributed by atoms with Gasteiger partial charge in [0, 0.05) is 23.7 Å². The van der Waals surface area contributed by atoms with Crippen LogP contribution in [0, 0.1) is 11.8 Å². The van der Waals surface area contributed by atoms with Crippen LogP contribution in [-0.4, -0.2) is 93.2 Å². The van der Waals surface area contributed by atoms with E-state index in [1.165, 1.54) is 0 Å². The van der Waals surface area contributed by atoms with Crippen molar-refractivity contribution in [3.8, 4) is 5.75 Å². The van der Waals surface area contributed by atoms with Gasteiger partial charge in [-0.25, -0.2) is 4.79 Å². The predicted octanol–water partition coefficient (Wildman–Crippen LogP) is 0.368. The van der Waals surface area contributed by atoms with Crippen molar-refractivity contribution in [1.82, 2.24) is 9.88 Å². The molecule has 10 nitrogen and oxygen atoms in total. The van der Waals surface area contributed by atoms with Crippen LogP contribution in [0.3, 0.4) is 0 Å². The highest BCUT2D eigenvalue weighted by Crippen LogP contribution is 2.43. The monoisotopic (exact) mass is 500 g/mol. The molecule has 0 amide bonds. The van der Waals surface area contributed by atoms with E-state index in [1.54, 1.807) is 37.6 Å². The van der Waals surface area contributed by atoms with Crippen LogP contribution in [0.15, 0.2) is 43.1 Å². The summed E-state index contributed by atoms with van der Waals surface area (Å²) >= 11 is 0. The molecule has 10 heteroatoms. The maximum atomic E-state index is 13.0. The molecule has 1 aromatic carbocycles. The molecule has 4 heterocycles. The Morgan fingerprint density at radius 2 is 2.06 bits per heavy atom. The zero-order valence-electron chi connectivity index (χ0n) is 20.1. The number of nitrogens with zero attached hydrogens (tertiary/aromatic N) is 2. The summed E-state index contributed by atoms with van der Waals surface area (Å²) in [6.45, 7) is 4.61. The molecule has 0 radical (unpaired) electrons. The Balaban J connectivity index is 1.70. The van der Waals surface area contributed by atoms with Gasteiger partial charge in [0.1, 0.15) is 24.1 Å².